The molecule has 2 unspecified atom stereocenters. The summed E-state index contributed by atoms with van der Waals surface area (Å²) in [5.41, 5.74) is 9.65. The third-order valence-electron chi connectivity index (χ3n) is 3.90. The monoisotopic (exact) mass is 254 g/mol. The zero-order valence-corrected chi connectivity index (χ0v) is 10.8. The first kappa shape index (κ1) is 12.2. The van der Waals surface area contributed by atoms with Crippen LogP contribution in [0, 0.1) is 0 Å². The number of nitrogens with zero attached hydrogens (tertiary/aromatic N) is 1. The van der Waals surface area contributed by atoms with E-state index in [0.29, 0.717) is 0 Å². The average molecular weight is 254 g/mol. The maximum atomic E-state index is 10.6. The first-order valence-electron chi connectivity index (χ1n) is 6.73. The van der Waals surface area contributed by atoms with Gasteiger partial charge in [-0.15, -0.1) is 0 Å². The van der Waals surface area contributed by atoms with Crippen molar-refractivity contribution >= 4 is 5.69 Å². The molecule has 19 heavy (non-hydrogen) atoms. The first-order valence-corrected chi connectivity index (χ1v) is 6.73. The minimum atomic E-state index is -0.505. The Balaban J connectivity index is 1.92. The second kappa shape index (κ2) is 5.02. The number of hydrogen-bond acceptors (Lipinski definition) is 3. The largest absolute Gasteiger partial charge is 0.399 e. The number of anilines is 1. The summed E-state index contributed by atoms with van der Waals surface area (Å²) in [7, 11) is 0. The van der Waals surface area contributed by atoms with E-state index in [0.717, 1.165) is 36.2 Å². The predicted octanol–water partition coefficient (Wildman–Crippen LogP) is 2.82. The molecule has 1 aliphatic rings. The van der Waals surface area contributed by atoms with Gasteiger partial charge in [-0.1, -0.05) is 18.2 Å². The van der Waals surface area contributed by atoms with Crippen molar-refractivity contribution in [2.45, 2.75) is 31.3 Å². The number of aromatic nitrogens is 1. The summed E-state index contributed by atoms with van der Waals surface area (Å²) in [6, 6.07) is 11.6. The SMILES string of the molecule is Nc1ccc(C(O)C2CCCc3cccnc32)cc1. The van der Waals surface area contributed by atoms with Crippen LogP contribution in [-0.4, -0.2) is 10.1 Å². The molecule has 0 bridgehead atoms. The molecular weight excluding hydrogens is 236 g/mol. The molecule has 3 heteroatoms. The fourth-order valence-corrected chi connectivity index (χ4v) is 2.88. The van der Waals surface area contributed by atoms with Crippen molar-refractivity contribution in [2.75, 3.05) is 5.73 Å². The van der Waals surface area contributed by atoms with Crippen molar-refractivity contribution in [3.05, 3.63) is 59.4 Å². The van der Waals surface area contributed by atoms with Crippen molar-refractivity contribution in [1.29, 1.82) is 0 Å². The lowest BCUT2D eigenvalue weighted by molar-refractivity contribution is 0.134. The minimum absolute atomic E-state index is 0.0913. The van der Waals surface area contributed by atoms with Crippen molar-refractivity contribution in [3.63, 3.8) is 0 Å². The summed E-state index contributed by atoms with van der Waals surface area (Å²) in [4.78, 5) is 4.48. The Morgan fingerprint density at radius 3 is 2.79 bits per heavy atom. The highest BCUT2D eigenvalue weighted by Gasteiger charge is 2.28. The molecule has 0 saturated carbocycles. The standard InChI is InChI=1S/C16H18N2O/c17-13-8-6-12(7-9-13)16(19)14-5-1-3-11-4-2-10-18-15(11)14/h2,4,6-10,14,16,19H,1,3,5,17H2. The summed E-state index contributed by atoms with van der Waals surface area (Å²) in [6.45, 7) is 0. The summed E-state index contributed by atoms with van der Waals surface area (Å²) in [5.74, 6) is 0.0913. The van der Waals surface area contributed by atoms with Gasteiger partial charge in [0.1, 0.15) is 0 Å². The molecule has 1 aliphatic carbocycles. The first-order chi connectivity index (χ1) is 9.25. The highest BCUT2D eigenvalue weighted by molar-refractivity contribution is 5.41. The molecule has 0 aliphatic heterocycles. The maximum absolute atomic E-state index is 10.6. The van der Waals surface area contributed by atoms with E-state index in [4.69, 9.17) is 5.73 Å². The molecule has 3 rings (SSSR count). The second-order valence-corrected chi connectivity index (χ2v) is 5.16. The van der Waals surface area contributed by atoms with Crippen LogP contribution in [0.2, 0.25) is 0 Å². The minimum Gasteiger partial charge on any atom is -0.399 e. The average Bonchev–Trinajstić information content (AvgIpc) is 2.47. The predicted molar refractivity (Wildman–Crippen MR) is 75.7 cm³/mol. The fraction of sp³-hybridized carbons (Fsp3) is 0.312. The van der Waals surface area contributed by atoms with Crippen molar-refractivity contribution in [2.24, 2.45) is 0 Å². The Morgan fingerprint density at radius 2 is 2.00 bits per heavy atom. The lowest BCUT2D eigenvalue weighted by Crippen LogP contribution is -2.18. The molecule has 1 heterocycles. The molecule has 3 N–H and O–H groups in total. The van der Waals surface area contributed by atoms with Gasteiger partial charge in [-0.05, 0) is 48.6 Å². The Bertz CT molecular complexity index is 565. The smallest absolute Gasteiger partial charge is 0.0873 e. The Kier molecular flexibility index (Phi) is 3.22. The molecule has 98 valence electrons. The van der Waals surface area contributed by atoms with E-state index in [9.17, 15) is 5.11 Å². The molecule has 0 amide bonds. The lowest BCUT2D eigenvalue weighted by atomic mass is 9.81. The maximum Gasteiger partial charge on any atom is 0.0873 e. The van der Waals surface area contributed by atoms with E-state index in [1.807, 2.05) is 36.5 Å². The quantitative estimate of drug-likeness (QED) is 0.810. The molecule has 0 saturated heterocycles. The van der Waals surface area contributed by atoms with E-state index in [1.54, 1.807) is 0 Å². The topological polar surface area (TPSA) is 59.1 Å². The van der Waals surface area contributed by atoms with Crippen LogP contribution in [0.1, 0.15) is 41.7 Å². The number of aliphatic hydroxyl groups excluding tert-OH is 1. The number of aryl methyl sites for hydroxylation is 1. The van der Waals surface area contributed by atoms with Crippen LogP contribution in [0.4, 0.5) is 5.69 Å². The number of rotatable bonds is 2. The molecule has 0 spiro atoms. The van der Waals surface area contributed by atoms with Gasteiger partial charge in [0.15, 0.2) is 0 Å². The van der Waals surface area contributed by atoms with Gasteiger partial charge in [0.25, 0.3) is 0 Å². The van der Waals surface area contributed by atoms with Crippen molar-refractivity contribution in [3.8, 4) is 0 Å². The van der Waals surface area contributed by atoms with Crippen LogP contribution < -0.4 is 5.73 Å². The van der Waals surface area contributed by atoms with Crippen molar-refractivity contribution in [1.82, 2.24) is 4.98 Å². The highest BCUT2D eigenvalue weighted by atomic mass is 16.3. The van der Waals surface area contributed by atoms with E-state index in [-0.39, 0.29) is 5.92 Å². The molecule has 1 aromatic carbocycles. The van der Waals surface area contributed by atoms with Crippen LogP contribution in [0.25, 0.3) is 0 Å². The summed E-state index contributed by atoms with van der Waals surface area (Å²) in [5, 5.41) is 10.6. The van der Waals surface area contributed by atoms with Gasteiger partial charge in [-0.3, -0.25) is 4.98 Å². The number of nitrogens with two attached hydrogens (primary N) is 1. The summed E-state index contributed by atoms with van der Waals surface area (Å²) >= 11 is 0. The van der Waals surface area contributed by atoms with E-state index in [2.05, 4.69) is 11.1 Å². The zero-order chi connectivity index (χ0) is 13.2. The number of hydrogen-bond donors (Lipinski definition) is 2. The molecule has 3 nitrogen and oxygen atoms in total. The molecular formula is C16H18N2O. The number of aliphatic hydroxyl groups is 1. The Labute approximate surface area is 113 Å². The lowest BCUT2D eigenvalue weighted by Gasteiger charge is -2.28. The Hall–Kier alpha value is -1.87. The van der Waals surface area contributed by atoms with Crippen LogP contribution in [0.3, 0.4) is 0 Å². The number of pyridine rings is 1. The third-order valence-corrected chi connectivity index (χ3v) is 3.90. The summed E-state index contributed by atoms with van der Waals surface area (Å²) < 4.78 is 0. The fourth-order valence-electron chi connectivity index (χ4n) is 2.88. The van der Waals surface area contributed by atoms with Crippen LogP contribution in [0.5, 0.6) is 0 Å². The van der Waals surface area contributed by atoms with Gasteiger partial charge in [-0.25, -0.2) is 0 Å². The second-order valence-electron chi connectivity index (χ2n) is 5.16. The van der Waals surface area contributed by atoms with Gasteiger partial charge < -0.3 is 10.8 Å². The molecule has 1 aromatic heterocycles. The molecule has 0 fully saturated rings. The number of benzene rings is 1. The number of nitrogen functional groups attached to an aromatic ring is 1. The van der Waals surface area contributed by atoms with Crippen LogP contribution in [-0.2, 0) is 6.42 Å². The Morgan fingerprint density at radius 1 is 1.21 bits per heavy atom. The van der Waals surface area contributed by atoms with Gasteiger partial charge in [-0.2, -0.15) is 0 Å². The van der Waals surface area contributed by atoms with Gasteiger partial charge >= 0.3 is 0 Å². The van der Waals surface area contributed by atoms with E-state index in [1.165, 1.54) is 5.56 Å². The molecule has 2 aromatic rings. The normalized spacial score (nSPS) is 19.7. The third kappa shape index (κ3) is 2.34. The van der Waals surface area contributed by atoms with Crippen LogP contribution >= 0.6 is 0 Å². The van der Waals surface area contributed by atoms with Gasteiger partial charge in [0, 0.05) is 23.5 Å². The molecule has 2 atom stereocenters. The molecule has 0 radical (unpaired) electrons. The van der Waals surface area contributed by atoms with Crippen LogP contribution in [0.15, 0.2) is 42.6 Å². The van der Waals surface area contributed by atoms with Crippen molar-refractivity contribution < 1.29 is 5.11 Å². The van der Waals surface area contributed by atoms with Gasteiger partial charge in [0.05, 0.1) is 6.10 Å². The zero-order valence-electron chi connectivity index (χ0n) is 10.8. The summed E-state index contributed by atoms with van der Waals surface area (Å²) in [6.07, 6.45) is 4.46. The highest BCUT2D eigenvalue weighted by Crippen LogP contribution is 2.39. The van der Waals surface area contributed by atoms with E-state index >= 15 is 0 Å². The van der Waals surface area contributed by atoms with E-state index < -0.39 is 6.10 Å². The number of fused-ring (bicyclic) bond motifs is 1. The van der Waals surface area contributed by atoms with Gasteiger partial charge in [0.2, 0.25) is 0 Å².